The molecular formula is C18H20N4O. The van der Waals surface area contributed by atoms with Gasteiger partial charge in [0.2, 0.25) is 0 Å². The van der Waals surface area contributed by atoms with Crippen LogP contribution >= 0.6 is 0 Å². The number of H-pyrrole nitrogens is 1. The number of fused-ring (bicyclic) bond motifs is 3. The quantitative estimate of drug-likeness (QED) is 0.692. The summed E-state index contributed by atoms with van der Waals surface area (Å²) in [5.74, 6) is 0. The molecule has 118 valence electrons. The minimum Gasteiger partial charge on any atom is -0.395 e. The summed E-state index contributed by atoms with van der Waals surface area (Å²) in [5, 5.41) is 13.8. The van der Waals surface area contributed by atoms with E-state index in [1.54, 1.807) is 6.33 Å². The summed E-state index contributed by atoms with van der Waals surface area (Å²) < 4.78 is 0. The highest BCUT2D eigenvalue weighted by Crippen LogP contribution is 2.36. The number of hydrogen-bond donors (Lipinski definition) is 3. The Balaban J connectivity index is 1.77. The van der Waals surface area contributed by atoms with Gasteiger partial charge in [-0.05, 0) is 42.5 Å². The molecule has 5 nitrogen and oxygen atoms in total. The minimum absolute atomic E-state index is 0.171. The Morgan fingerprint density at radius 2 is 2.09 bits per heavy atom. The van der Waals surface area contributed by atoms with Gasteiger partial charge in [-0.25, -0.2) is 9.97 Å². The van der Waals surface area contributed by atoms with Crippen molar-refractivity contribution >= 4 is 10.9 Å². The zero-order valence-electron chi connectivity index (χ0n) is 12.9. The predicted molar refractivity (Wildman–Crippen MR) is 90.1 cm³/mol. The highest BCUT2D eigenvalue weighted by atomic mass is 16.3. The maximum Gasteiger partial charge on any atom is 0.115 e. The van der Waals surface area contributed by atoms with Crippen molar-refractivity contribution in [3.63, 3.8) is 0 Å². The molecule has 0 bridgehead atoms. The van der Waals surface area contributed by atoms with E-state index >= 15 is 0 Å². The second-order valence-corrected chi connectivity index (χ2v) is 6.03. The molecule has 5 heteroatoms. The number of aliphatic hydroxyl groups excluding tert-OH is 1. The third-order valence-corrected chi connectivity index (χ3v) is 4.60. The fourth-order valence-corrected chi connectivity index (χ4v) is 3.53. The van der Waals surface area contributed by atoms with Crippen LogP contribution in [-0.2, 0) is 6.42 Å². The van der Waals surface area contributed by atoms with Crippen molar-refractivity contribution < 1.29 is 5.11 Å². The van der Waals surface area contributed by atoms with Gasteiger partial charge < -0.3 is 15.4 Å². The number of nitrogens with one attached hydrogen (secondary N) is 2. The van der Waals surface area contributed by atoms with Gasteiger partial charge in [-0.3, -0.25) is 0 Å². The molecule has 0 aliphatic heterocycles. The standard InChI is InChI=1S/C18H20N4O/c23-7-6-21-17-3-1-2-14-15-8-12(13-9-19-11-20-10-13)4-5-16(15)22-18(14)17/h4-5,8-11,17,21-23H,1-3,6-7H2. The van der Waals surface area contributed by atoms with E-state index in [1.807, 2.05) is 12.4 Å². The molecule has 3 N–H and O–H groups in total. The van der Waals surface area contributed by atoms with Gasteiger partial charge in [0, 0.05) is 47.1 Å². The Labute approximate surface area is 134 Å². The van der Waals surface area contributed by atoms with Crippen molar-refractivity contribution in [1.82, 2.24) is 20.3 Å². The van der Waals surface area contributed by atoms with Crippen LogP contribution in [0.4, 0.5) is 0 Å². The average molecular weight is 308 g/mol. The summed E-state index contributed by atoms with van der Waals surface area (Å²) in [6, 6.07) is 6.79. The largest absolute Gasteiger partial charge is 0.395 e. The second-order valence-electron chi connectivity index (χ2n) is 6.03. The lowest BCUT2D eigenvalue weighted by atomic mass is 9.91. The number of aliphatic hydroxyl groups is 1. The van der Waals surface area contributed by atoms with Crippen LogP contribution in [0.3, 0.4) is 0 Å². The lowest BCUT2D eigenvalue weighted by Crippen LogP contribution is -2.27. The Kier molecular flexibility index (Phi) is 3.81. The van der Waals surface area contributed by atoms with Crippen molar-refractivity contribution in [1.29, 1.82) is 0 Å². The van der Waals surface area contributed by atoms with Crippen LogP contribution in [0.5, 0.6) is 0 Å². The van der Waals surface area contributed by atoms with Crippen LogP contribution in [0.1, 0.15) is 30.1 Å². The van der Waals surface area contributed by atoms with Gasteiger partial charge in [-0.1, -0.05) is 6.07 Å². The van der Waals surface area contributed by atoms with Crippen molar-refractivity contribution in [2.45, 2.75) is 25.3 Å². The van der Waals surface area contributed by atoms with E-state index in [0.717, 1.165) is 24.0 Å². The Morgan fingerprint density at radius 1 is 1.22 bits per heavy atom. The molecule has 1 aliphatic carbocycles. The number of nitrogens with zero attached hydrogens (tertiary/aromatic N) is 2. The molecule has 0 spiro atoms. The number of aromatic amines is 1. The van der Waals surface area contributed by atoms with Crippen molar-refractivity contribution in [2.75, 3.05) is 13.2 Å². The molecule has 0 saturated carbocycles. The normalized spacial score (nSPS) is 17.3. The van der Waals surface area contributed by atoms with Gasteiger partial charge in [0.1, 0.15) is 6.33 Å². The summed E-state index contributed by atoms with van der Waals surface area (Å²) >= 11 is 0. The molecule has 1 aliphatic rings. The number of benzene rings is 1. The van der Waals surface area contributed by atoms with Crippen LogP contribution in [-0.4, -0.2) is 33.2 Å². The van der Waals surface area contributed by atoms with Crippen LogP contribution in [0.25, 0.3) is 22.0 Å². The van der Waals surface area contributed by atoms with Crippen LogP contribution < -0.4 is 5.32 Å². The van der Waals surface area contributed by atoms with Gasteiger partial charge in [-0.2, -0.15) is 0 Å². The highest BCUT2D eigenvalue weighted by Gasteiger charge is 2.23. The van der Waals surface area contributed by atoms with Crippen LogP contribution in [0, 0.1) is 0 Å². The third-order valence-electron chi connectivity index (χ3n) is 4.60. The summed E-state index contributed by atoms with van der Waals surface area (Å²) in [4.78, 5) is 11.8. The molecule has 4 rings (SSSR count). The molecule has 2 aromatic heterocycles. The first kappa shape index (κ1) is 14.4. The van der Waals surface area contributed by atoms with Crippen molar-refractivity contribution in [2.24, 2.45) is 0 Å². The smallest absolute Gasteiger partial charge is 0.115 e. The molecule has 1 atom stereocenters. The second kappa shape index (κ2) is 6.10. The van der Waals surface area contributed by atoms with Crippen LogP contribution in [0.2, 0.25) is 0 Å². The number of aromatic nitrogens is 3. The van der Waals surface area contributed by atoms with E-state index in [-0.39, 0.29) is 6.61 Å². The molecule has 23 heavy (non-hydrogen) atoms. The fourth-order valence-electron chi connectivity index (χ4n) is 3.53. The number of hydrogen-bond acceptors (Lipinski definition) is 4. The first-order valence-electron chi connectivity index (χ1n) is 8.11. The summed E-state index contributed by atoms with van der Waals surface area (Å²) in [6.07, 6.45) is 8.62. The lowest BCUT2D eigenvalue weighted by Gasteiger charge is -2.23. The van der Waals surface area contributed by atoms with Gasteiger partial charge >= 0.3 is 0 Å². The first-order chi connectivity index (χ1) is 11.4. The minimum atomic E-state index is 0.171. The monoisotopic (exact) mass is 308 g/mol. The summed E-state index contributed by atoms with van der Waals surface area (Å²) in [7, 11) is 0. The Morgan fingerprint density at radius 3 is 2.91 bits per heavy atom. The number of aryl methyl sites for hydroxylation is 1. The number of rotatable bonds is 4. The van der Waals surface area contributed by atoms with Gasteiger partial charge in [0.25, 0.3) is 0 Å². The SMILES string of the molecule is OCCNC1CCCc2c1[nH]c1ccc(-c3cncnc3)cc21. The molecule has 0 radical (unpaired) electrons. The van der Waals surface area contributed by atoms with E-state index in [9.17, 15) is 0 Å². The zero-order chi connectivity index (χ0) is 15.6. The average Bonchev–Trinajstić information content (AvgIpc) is 2.99. The predicted octanol–water partition coefficient (Wildman–Crippen LogP) is 2.58. The first-order valence-corrected chi connectivity index (χ1v) is 8.11. The van der Waals surface area contributed by atoms with Gasteiger partial charge in [-0.15, -0.1) is 0 Å². The maximum absolute atomic E-state index is 9.06. The molecular weight excluding hydrogens is 288 g/mol. The van der Waals surface area contributed by atoms with Gasteiger partial charge in [0.15, 0.2) is 0 Å². The van der Waals surface area contributed by atoms with E-state index in [1.165, 1.54) is 28.6 Å². The molecule has 0 fully saturated rings. The lowest BCUT2D eigenvalue weighted by molar-refractivity contribution is 0.280. The van der Waals surface area contributed by atoms with E-state index in [0.29, 0.717) is 12.6 Å². The van der Waals surface area contributed by atoms with Crippen molar-refractivity contribution in [3.8, 4) is 11.1 Å². The maximum atomic E-state index is 9.06. The topological polar surface area (TPSA) is 73.8 Å². The Hall–Kier alpha value is -2.24. The van der Waals surface area contributed by atoms with Gasteiger partial charge in [0.05, 0.1) is 6.61 Å². The van der Waals surface area contributed by atoms with E-state index in [2.05, 4.69) is 38.5 Å². The molecule has 1 aromatic carbocycles. The summed E-state index contributed by atoms with van der Waals surface area (Å²) in [5.41, 5.74) is 6.04. The van der Waals surface area contributed by atoms with Crippen molar-refractivity contribution in [3.05, 3.63) is 48.2 Å². The van der Waals surface area contributed by atoms with E-state index < -0.39 is 0 Å². The third kappa shape index (κ3) is 2.62. The fraction of sp³-hybridized carbons (Fsp3) is 0.333. The Bertz CT molecular complexity index is 813. The van der Waals surface area contributed by atoms with Crippen LogP contribution in [0.15, 0.2) is 36.9 Å². The molecule has 2 heterocycles. The molecule has 0 saturated heterocycles. The molecule has 0 amide bonds. The molecule has 3 aromatic rings. The molecule has 1 unspecified atom stereocenters. The van der Waals surface area contributed by atoms with E-state index in [4.69, 9.17) is 5.11 Å². The summed E-state index contributed by atoms with van der Waals surface area (Å²) in [6.45, 7) is 0.802. The zero-order valence-corrected chi connectivity index (χ0v) is 12.9. The highest BCUT2D eigenvalue weighted by molar-refractivity contribution is 5.89.